The minimum Gasteiger partial charge on any atom is -0.507 e. The maximum Gasteiger partial charge on any atom is 0.124 e. The van der Waals surface area contributed by atoms with Crippen LogP contribution in [0.5, 0.6) is 5.75 Å². The van der Waals surface area contributed by atoms with Crippen LogP contribution in [-0.4, -0.2) is 11.3 Å². The highest BCUT2D eigenvalue weighted by Gasteiger charge is 2.03. The molecule has 0 aliphatic heterocycles. The SMILES string of the molecule is CC(C)c1ccc(O)c(C=NN)c1. The number of nitrogens with two attached hydrogens (primary N) is 1. The smallest absolute Gasteiger partial charge is 0.124 e. The quantitative estimate of drug-likeness (QED) is 0.412. The Labute approximate surface area is 77.9 Å². The predicted molar refractivity (Wildman–Crippen MR) is 54.0 cm³/mol. The molecule has 0 aliphatic carbocycles. The zero-order valence-corrected chi connectivity index (χ0v) is 7.86. The third kappa shape index (κ3) is 2.21. The first-order valence-corrected chi connectivity index (χ1v) is 4.21. The van der Waals surface area contributed by atoms with Gasteiger partial charge in [0.25, 0.3) is 0 Å². The molecule has 0 atom stereocenters. The molecule has 0 unspecified atom stereocenters. The summed E-state index contributed by atoms with van der Waals surface area (Å²) in [6.07, 6.45) is 1.45. The lowest BCUT2D eigenvalue weighted by molar-refractivity contribution is 0.474. The van der Waals surface area contributed by atoms with Crippen LogP contribution in [0.2, 0.25) is 0 Å². The van der Waals surface area contributed by atoms with Crippen molar-refractivity contribution in [3.63, 3.8) is 0 Å². The van der Waals surface area contributed by atoms with E-state index in [1.54, 1.807) is 6.07 Å². The van der Waals surface area contributed by atoms with E-state index in [4.69, 9.17) is 5.84 Å². The summed E-state index contributed by atoms with van der Waals surface area (Å²) >= 11 is 0. The summed E-state index contributed by atoms with van der Waals surface area (Å²) < 4.78 is 0. The van der Waals surface area contributed by atoms with Crippen molar-refractivity contribution in [3.05, 3.63) is 29.3 Å². The minimum absolute atomic E-state index is 0.207. The molecule has 3 nitrogen and oxygen atoms in total. The third-order valence-corrected chi connectivity index (χ3v) is 1.93. The van der Waals surface area contributed by atoms with Crippen LogP contribution in [0.15, 0.2) is 23.3 Å². The van der Waals surface area contributed by atoms with Gasteiger partial charge in [0, 0.05) is 5.56 Å². The summed E-state index contributed by atoms with van der Waals surface area (Å²) in [7, 11) is 0. The fraction of sp³-hybridized carbons (Fsp3) is 0.300. The molecule has 0 saturated heterocycles. The van der Waals surface area contributed by atoms with E-state index >= 15 is 0 Å². The zero-order chi connectivity index (χ0) is 9.84. The fourth-order valence-corrected chi connectivity index (χ4v) is 1.12. The molecule has 3 heteroatoms. The Balaban J connectivity index is 3.11. The second-order valence-corrected chi connectivity index (χ2v) is 3.25. The van der Waals surface area contributed by atoms with Crippen LogP contribution in [0.25, 0.3) is 0 Å². The van der Waals surface area contributed by atoms with Gasteiger partial charge in [0.2, 0.25) is 0 Å². The first-order chi connectivity index (χ1) is 6.15. The number of phenolic OH excluding ortho intramolecular Hbond substituents is 1. The summed E-state index contributed by atoms with van der Waals surface area (Å²) in [5.41, 5.74) is 1.82. The van der Waals surface area contributed by atoms with Gasteiger partial charge in [-0.3, -0.25) is 0 Å². The topological polar surface area (TPSA) is 58.6 Å². The first kappa shape index (κ1) is 9.58. The van der Waals surface area contributed by atoms with E-state index in [1.165, 1.54) is 6.21 Å². The Morgan fingerprint density at radius 2 is 2.15 bits per heavy atom. The number of rotatable bonds is 2. The summed E-state index contributed by atoms with van der Waals surface area (Å²) in [6, 6.07) is 5.44. The Hall–Kier alpha value is -1.51. The highest BCUT2D eigenvalue weighted by Crippen LogP contribution is 2.21. The maximum absolute atomic E-state index is 9.40. The second kappa shape index (κ2) is 3.94. The van der Waals surface area contributed by atoms with Crippen molar-refractivity contribution in [1.29, 1.82) is 0 Å². The van der Waals surface area contributed by atoms with Crippen molar-refractivity contribution in [1.82, 2.24) is 0 Å². The number of phenols is 1. The molecule has 0 fully saturated rings. The van der Waals surface area contributed by atoms with Gasteiger partial charge >= 0.3 is 0 Å². The summed E-state index contributed by atoms with van der Waals surface area (Å²) in [5, 5.41) is 12.8. The molecule has 0 saturated carbocycles. The average molecular weight is 178 g/mol. The Bertz CT molecular complexity index is 319. The number of benzene rings is 1. The van der Waals surface area contributed by atoms with Crippen LogP contribution in [0.4, 0.5) is 0 Å². The fourth-order valence-electron chi connectivity index (χ4n) is 1.12. The number of hydrogen-bond acceptors (Lipinski definition) is 3. The van der Waals surface area contributed by atoms with Crippen LogP contribution >= 0.6 is 0 Å². The van der Waals surface area contributed by atoms with Gasteiger partial charge in [-0.05, 0) is 23.6 Å². The Morgan fingerprint density at radius 1 is 1.46 bits per heavy atom. The molecule has 1 rings (SSSR count). The van der Waals surface area contributed by atoms with E-state index in [0.717, 1.165) is 5.56 Å². The molecule has 0 radical (unpaired) electrons. The summed E-state index contributed by atoms with van der Waals surface area (Å²) in [6.45, 7) is 4.19. The van der Waals surface area contributed by atoms with Crippen molar-refractivity contribution in [2.24, 2.45) is 10.9 Å². The lowest BCUT2D eigenvalue weighted by atomic mass is 10.0. The van der Waals surface area contributed by atoms with Crippen molar-refractivity contribution >= 4 is 6.21 Å². The van der Waals surface area contributed by atoms with E-state index in [-0.39, 0.29) is 5.75 Å². The van der Waals surface area contributed by atoms with Crippen molar-refractivity contribution in [2.75, 3.05) is 0 Å². The standard InChI is InChI=1S/C10H14N2O/c1-7(2)8-3-4-10(13)9(5-8)6-12-11/h3-7,13H,11H2,1-2H3. The lowest BCUT2D eigenvalue weighted by Gasteiger charge is -2.06. The van der Waals surface area contributed by atoms with Gasteiger partial charge in [0.15, 0.2) is 0 Å². The predicted octanol–water partition coefficient (Wildman–Crippen LogP) is 1.81. The maximum atomic E-state index is 9.40. The Morgan fingerprint density at radius 3 is 2.69 bits per heavy atom. The van der Waals surface area contributed by atoms with E-state index in [1.807, 2.05) is 12.1 Å². The molecule has 0 aliphatic rings. The van der Waals surface area contributed by atoms with Gasteiger partial charge in [0.05, 0.1) is 6.21 Å². The van der Waals surface area contributed by atoms with Crippen LogP contribution in [0, 0.1) is 0 Å². The average Bonchev–Trinajstić information content (AvgIpc) is 2.08. The molecule has 0 aromatic heterocycles. The highest BCUT2D eigenvalue weighted by molar-refractivity contribution is 5.83. The molecule has 0 heterocycles. The van der Waals surface area contributed by atoms with E-state index in [2.05, 4.69) is 18.9 Å². The van der Waals surface area contributed by atoms with Crippen LogP contribution in [0.3, 0.4) is 0 Å². The second-order valence-electron chi connectivity index (χ2n) is 3.25. The zero-order valence-electron chi connectivity index (χ0n) is 7.86. The third-order valence-electron chi connectivity index (χ3n) is 1.93. The first-order valence-electron chi connectivity index (χ1n) is 4.21. The molecule has 0 spiro atoms. The van der Waals surface area contributed by atoms with Crippen molar-refractivity contribution < 1.29 is 5.11 Å². The number of nitrogens with zero attached hydrogens (tertiary/aromatic N) is 1. The van der Waals surface area contributed by atoms with Crippen LogP contribution in [-0.2, 0) is 0 Å². The molecule has 3 N–H and O–H groups in total. The molecule has 1 aromatic rings. The van der Waals surface area contributed by atoms with Crippen molar-refractivity contribution in [3.8, 4) is 5.75 Å². The van der Waals surface area contributed by atoms with E-state index in [0.29, 0.717) is 11.5 Å². The van der Waals surface area contributed by atoms with Crippen LogP contribution < -0.4 is 5.84 Å². The molecule has 13 heavy (non-hydrogen) atoms. The number of hydrogen-bond donors (Lipinski definition) is 2. The largest absolute Gasteiger partial charge is 0.507 e. The summed E-state index contributed by atoms with van der Waals surface area (Å²) in [4.78, 5) is 0. The molecule has 0 amide bonds. The molecule has 0 bridgehead atoms. The van der Waals surface area contributed by atoms with E-state index < -0.39 is 0 Å². The molecule has 70 valence electrons. The minimum atomic E-state index is 0.207. The summed E-state index contributed by atoms with van der Waals surface area (Å²) in [5.74, 6) is 5.66. The lowest BCUT2D eigenvalue weighted by Crippen LogP contribution is -1.92. The number of aromatic hydroxyl groups is 1. The van der Waals surface area contributed by atoms with Gasteiger partial charge in [-0.1, -0.05) is 19.9 Å². The monoisotopic (exact) mass is 178 g/mol. The molecule has 1 aromatic carbocycles. The van der Waals surface area contributed by atoms with Gasteiger partial charge < -0.3 is 10.9 Å². The molecular formula is C10H14N2O. The van der Waals surface area contributed by atoms with Gasteiger partial charge in [-0.2, -0.15) is 5.10 Å². The van der Waals surface area contributed by atoms with Crippen molar-refractivity contribution in [2.45, 2.75) is 19.8 Å². The van der Waals surface area contributed by atoms with Gasteiger partial charge in [0.1, 0.15) is 5.75 Å². The van der Waals surface area contributed by atoms with E-state index in [9.17, 15) is 5.11 Å². The molecular weight excluding hydrogens is 164 g/mol. The van der Waals surface area contributed by atoms with Gasteiger partial charge in [-0.25, -0.2) is 0 Å². The normalized spacial score (nSPS) is 11.3. The van der Waals surface area contributed by atoms with Crippen LogP contribution in [0.1, 0.15) is 30.9 Å². The highest BCUT2D eigenvalue weighted by atomic mass is 16.3. The number of hydrazone groups is 1. The van der Waals surface area contributed by atoms with Gasteiger partial charge in [-0.15, -0.1) is 0 Å². The Kier molecular flexibility index (Phi) is 2.90.